The van der Waals surface area contributed by atoms with Crippen LogP contribution >= 0.6 is 0 Å². The standard InChI is InChI=1S/C19H40O4S/c1-3-5-6-7-8-9-10-11-12-13-14-15-17-18(20)19(16-4-2)24(21,22)23/h18-20H,3-17H2,1-2H3,(H,21,22,23). The molecule has 0 rings (SSSR count). The highest BCUT2D eigenvalue weighted by molar-refractivity contribution is 7.86. The molecular weight excluding hydrogens is 324 g/mol. The van der Waals surface area contributed by atoms with Crippen LogP contribution in [0, 0.1) is 0 Å². The van der Waals surface area contributed by atoms with Crippen LogP contribution in [0.3, 0.4) is 0 Å². The number of unbranched alkanes of at least 4 members (excludes halogenated alkanes) is 11. The van der Waals surface area contributed by atoms with Gasteiger partial charge in [-0.1, -0.05) is 97.3 Å². The van der Waals surface area contributed by atoms with Crippen molar-refractivity contribution in [2.24, 2.45) is 0 Å². The number of aliphatic hydroxyl groups is 1. The average Bonchev–Trinajstić information content (AvgIpc) is 2.52. The van der Waals surface area contributed by atoms with E-state index in [0.29, 0.717) is 19.3 Å². The smallest absolute Gasteiger partial charge is 0.270 e. The molecular formula is C19H40O4S. The van der Waals surface area contributed by atoms with Gasteiger partial charge in [-0.3, -0.25) is 4.55 Å². The zero-order chi connectivity index (χ0) is 18.3. The average molecular weight is 365 g/mol. The molecule has 0 radical (unpaired) electrons. The summed E-state index contributed by atoms with van der Waals surface area (Å²) in [5.74, 6) is 0. The fourth-order valence-electron chi connectivity index (χ4n) is 3.20. The zero-order valence-corrected chi connectivity index (χ0v) is 16.7. The number of hydrogen-bond acceptors (Lipinski definition) is 3. The van der Waals surface area contributed by atoms with Gasteiger partial charge in [0.25, 0.3) is 10.1 Å². The Hall–Kier alpha value is -0.130. The molecule has 0 aromatic carbocycles. The fourth-order valence-corrected chi connectivity index (χ4v) is 4.27. The van der Waals surface area contributed by atoms with Crippen molar-refractivity contribution in [3.63, 3.8) is 0 Å². The molecule has 0 bridgehead atoms. The van der Waals surface area contributed by atoms with Crippen molar-refractivity contribution in [2.75, 3.05) is 0 Å². The summed E-state index contributed by atoms with van der Waals surface area (Å²) in [5, 5.41) is 8.98. The lowest BCUT2D eigenvalue weighted by Crippen LogP contribution is -2.33. The van der Waals surface area contributed by atoms with Gasteiger partial charge in [-0.25, -0.2) is 0 Å². The van der Waals surface area contributed by atoms with Crippen LogP contribution in [-0.2, 0) is 10.1 Å². The second-order valence-electron chi connectivity index (χ2n) is 7.09. The molecule has 2 atom stereocenters. The quantitative estimate of drug-likeness (QED) is 0.264. The highest BCUT2D eigenvalue weighted by atomic mass is 32.2. The summed E-state index contributed by atoms with van der Waals surface area (Å²) in [5.41, 5.74) is 0. The summed E-state index contributed by atoms with van der Waals surface area (Å²) < 4.78 is 31.7. The first-order valence-corrected chi connectivity index (χ1v) is 11.6. The molecule has 0 aromatic rings. The second kappa shape index (κ2) is 15.2. The minimum absolute atomic E-state index is 0.318. The van der Waals surface area contributed by atoms with Gasteiger partial charge < -0.3 is 5.11 Å². The molecule has 0 aromatic heterocycles. The van der Waals surface area contributed by atoms with Crippen molar-refractivity contribution < 1.29 is 18.1 Å². The molecule has 2 unspecified atom stereocenters. The lowest BCUT2D eigenvalue weighted by Gasteiger charge is -2.19. The molecule has 146 valence electrons. The van der Waals surface area contributed by atoms with Gasteiger partial charge in [0.2, 0.25) is 0 Å². The van der Waals surface area contributed by atoms with Gasteiger partial charge in [0.1, 0.15) is 5.25 Å². The fraction of sp³-hybridized carbons (Fsp3) is 1.00. The maximum Gasteiger partial charge on any atom is 0.270 e. The Balaban J connectivity index is 3.55. The predicted octanol–water partition coefficient (Wildman–Crippen LogP) is 5.50. The Bertz CT molecular complexity index is 368. The third-order valence-corrected chi connectivity index (χ3v) is 6.05. The molecule has 0 aliphatic heterocycles. The van der Waals surface area contributed by atoms with Gasteiger partial charge in [-0.05, 0) is 12.8 Å². The first-order valence-electron chi connectivity index (χ1n) is 10.1. The molecule has 0 spiro atoms. The van der Waals surface area contributed by atoms with Gasteiger partial charge in [-0.2, -0.15) is 8.42 Å². The molecule has 0 aliphatic carbocycles. The minimum atomic E-state index is -4.14. The van der Waals surface area contributed by atoms with E-state index in [1.54, 1.807) is 0 Å². The van der Waals surface area contributed by atoms with Crippen LogP contribution in [0.1, 0.15) is 110 Å². The molecule has 0 fully saturated rings. The highest BCUT2D eigenvalue weighted by Crippen LogP contribution is 2.18. The third kappa shape index (κ3) is 13.2. The Morgan fingerprint density at radius 1 is 0.667 bits per heavy atom. The molecule has 5 heteroatoms. The van der Waals surface area contributed by atoms with Crippen molar-refractivity contribution in [1.29, 1.82) is 0 Å². The monoisotopic (exact) mass is 364 g/mol. The van der Waals surface area contributed by atoms with E-state index in [9.17, 15) is 18.1 Å². The minimum Gasteiger partial charge on any atom is -0.392 e. The van der Waals surface area contributed by atoms with Crippen molar-refractivity contribution in [3.05, 3.63) is 0 Å². The van der Waals surface area contributed by atoms with Gasteiger partial charge in [0.05, 0.1) is 6.10 Å². The van der Waals surface area contributed by atoms with E-state index in [1.807, 2.05) is 6.92 Å². The number of hydrogen-bond donors (Lipinski definition) is 2. The van der Waals surface area contributed by atoms with Crippen molar-refractivity contribution in [3.8, 4) is 0 Å². The van der Waals surface area contributed by atoms with E-state index < -0.39 is 21.5 Å². The SMILES string of the molecule is CCCCCCCCCCCCCCC(O)C(CCC)S(=O)(=O)O. The van der Waals surface area contributed by atoms with E-state index in [2.05, 4.69) is 6.92 Å². The summed E-state index contributed by atoms with van der Waals surface area (Å²) in [7, 11) is -4.14. The Morgan fingerprint density at radius 2 is 1.08 bits per heavy atom. The van der Waals surface area contributed by atoms with Crippen molar-refractivity contribution in [1.82, 2.24) is 0 Å². The van der Waals surface area contributed by atoms with Crippen LogP contribution in [0.5, 0.6) is 0 Å². The Morgan fingerprint density at radius 3 is 1.46 bits per heavy atom. The van der Waals surface area contributed by atoms with Gasteiger partial charge in [0, 0.05) is 0 Å². The van der Waals surface area contributed by atoms with Crippen LogP contribution in [0.25, 0.3) is 0 Å². The molecule has 0 heterocycles. The van der Waals surface area contributed by atoms with Crippen molar-refractivity contribution >= 4 is 10.1 Å². The summed E-state index contributed by atoms with van der Waals surface area (Å²) in [6, 6.07) is 0. The lowest BCUT2D eigenvalue weighted by molar-refractivity contribution is 0.147. The van der Waals surface area contributed by atoms with E-state index in [4.69, 9.17) is 0 Å². The molecule has 24 heavy (non-hydrogen) atoms. The molecule has 0 aliphatic rings. The largest absolute Gasteiger partial charge is 0.392 e. The van der Waals surface area contributed by atoms with Gasteiger partial charge in [-0.15, -0.1) is 0 Å². The summed E-state index contributed by atoms with van der Waals surface area (Å²) in [4.78, 5) is 0. The summed E-state index contributed by atoms with van der Waals surface area (Å²) >= 11 is 0. The van der Waals surface area contributed by atoms with Crippen LogP contribution in [0.15, 0.2) is 0 Å². The first kappa shape index (κ1) is 23.9. The molecule has 0 saturated carbocycles. The van der Waals surface area contributed by atoms with Crippen LogP contribution in [-0.4, -0.2) is 29.4 Å². The normalized spacial score (nSPS) is 14.7. The van der Waals surface area contributed by atoms with Gasteiger partial charge in [0.15, 0.2) is 0 Å². The van der Waals surface area contributed by atoms with E-state index in [0.717, 1.165) is 19.3 Å². The number of rotatable bonds is 17. The topological polar surface area (TPSA) is 74.6 Å². The maximum atomic E-state index is 11.3. The van der Waals surface area contributed by atoms with Crippen LogP contribution in [0.4, 0.5) is 0 Å². The zero-order valence-electron chi connectivity index (χ0n) is 15.9. The lowest BCUT2D eigenvalue weighted by atomic mass is 10.0. The Labute approximate surface area is 150 Å². The highest BCUT2D eigenvalue weighted by Gasteiger charge is 2.29. The molecule has 0 amide bonds. The van der Waals surface area contributed by atoms with Crippen molar-refractivity contribution in [2.45, 2.75) is 122 Å². The van der Waals surface area contributed by atoms with E-state index in [1.165, 1.54) is 57.8 Å². The van der Waals surface area contributed by atoms with E-state index in [-0.39, 0.29) is 0 Å². The molecule has 2 N–H and O–H groups in total. The Kier molecular flexibility index (Phi) is 15.1. The summed E-state index contributed by atoms with van der Waals surface area (Å²) in [6.45, 7) is 4.10. The van der Waals surface area contributed by atoms with Crippen LogP contribution < -0.4 is 0 Å². The van der Waals surface area contributed by atoms with E-state index >= 15 is 0 Å². The molecule has 4 nitrogen and oxygen atoms in total. The predicted molar refractivity (Wildman–Crippen MR) is 102 cm³/mol. The first-order chi connectivity index (χ1) is 11.4. The number of aliphatic hydroxyl groups excluding tert-OH is 1. The third-order valence-electron chi connectivity index (χ3n) is 4.74. The summed E-state index contributed by atoms with van der Waals surface area (Å²) in [6.07, 6.45) is 15.4. The molecule has 0 saturated heterocycles. The second-order valence-corrected chi connectivity index (χ2v) is 8.72. The maximum absolute atomic E-state index is 11.3. The van der Waals surface area contributed by atoms with Gasteiger partial charge >= 0.3 is 0 Å². The van der Waals surface area contributed by atoms with Crippen LogP contribution in [0.2, 0.25) is 0 Å².